The van der Waals surface area contributed by atoms with Crippen molar-refractivity contribution in [2.45, 2.75) is 12.4 Å². The van der Waals surface area contributed by atoms with Gasteiger partial charge in [0.15, 0.2) is 0 Å². The molecule has 2 nitrogen and oxygen atoms in total. The summed E-state index contributed by atoms with van der Waals surface area (Å²) in [5.41, 5.74) is 1.32. The molecule has 0 saturated heterocycles. The summed E-state index contributed by atoms with van der Waals surface area (Å²) in [6, 6.07) is 10.1. The molecule has 0 unspecified atom stereocenters. The molecule has 2 aromatic carbocycles. The molecule has 2 aromatic rings. The Kier molecular flexibility index (Phi) is 3.97. The van der Waals surface area contributed by atoms with Crippen LogP contribution in [-0.4, -0.2) is 13.2 Å². The molecule has 0 radical (unpaired) electrons. The van der Waals surface area contributed by atoms with Crippen molar-refractivity contribution in [2.24, 2.45) is 0 Å². The third kappa shape index (κ3) is 2.81. The molecule has 0 amide bonds. The Bertz CT molecular complexity index is 639. The Morgan fingerprint density at radius 2 is 1.86 bits per heavy atom. The predicted octanol–water partition coefficient (Wildman–Crippen LogP) is 4.10. The van der Waals surface area contributed by atoms with E-state index in [0.29, 0.717) is 25.3 Å². The summed E-state index contributed by atoms with van der Waals surface area (Å²) in [5, 5.41) is 0. The van der Waals surface area contributed by atoms with E-state index in [2.05, 4.69) is 0 Å². The zero-order valence-corrected chi connectivity index (χ0v) is 12.0. The number of alkyl halides is 1. The van der Waals surface area contributed by atoms with Crippen LogP contribution in [0, 0.1) is 11.6 Å². The summed E-state index contributed by atoms with van der Waals surface area (Å²) in [5.74, 6) is -0.340. The van der Waals surface area contributed by atoms with E-state index in [4.69, 9.17) is 16.3 Å². The zero-order chi connectivity index (χ0) is 14.8. The smallest absolute Gasteiger partial charge is 0.149 e. The molecule has 21 heavy (non-hydrogen) atoms. The number of nitrogens with zero attached hydrogens (tertiary/aromatic N) is 1. The summed E-state index contributed by atoms with van der Waals surface area (Å²) < 4.78 is 34.0. The standard InChI is InChI=1S/C16H14ClF2NO/c17-9-11-7-13(18)16(14(19)8-11)20-5-6-21-15-4-2-1-3-12(15)10-20/h1-4,7-8H,5-6,9-10H2. The van der Waals surface area contributed by atoms with E-state index in [1.54, 1.807) is 4.90 Å². The second kappa shape index (κ2) is 5.90. The third-order valence-electron chi connectivity index (χ3n) is 3.50. The minimum absolute atomic E-state index is 0.0239. The monoisotopic (exact) mass is 309 g/mol. The van der Waals surface area contributed by atoms with Crippen LogP contribution in [0.15, 0.2) is 36.4 Å². The molecule has 1 aliphatic rings. The lowest BCUT2D eigenvalue weighted by Crippen LogP contribution is -2.27. The Balaban J connectivity index is 1.98. The summed E-state index contributed by atoms with van der Waals surface area (Å²) in [7, 11) is 0. The van der Waals surface area contributed by atoms with E-state index in [-0.39, 0.29) is 11.6 Å². The zero-order valence-electron chi connectivity index (χ0n) is 11.3. The number of fused-ring (bicyclic) bond motifs is 1. The molecule has 1 aliphatic heterocycles. The Morgan fingerprint density at radius 3 is 2.57 bits per heavy atom. The maximum atomic E-state index is 14.2. The maximum Gasteiger partial charge on any atom is 0.149 e. The van der Waals surface area contributed by atoms with Gasteiger partial charge in [0.2, 0.25) is 0 Å². The molecule has 0 aromatic heterocycles. The molecule has 0 fully saturated rings. The first-order chi connectivity index (χ1) is 10.2. The van der Waals surface area contributed by atoms with Crippen LogP contribution in [0.4, 0.5) is 14.5 Å². The number of halogens is 3. The highest BCUT2D eigenvalue weighted by molar-refractivity contribution is 6.17. The van der Waals surface area contributed by atoms with Crippen LogP contribution in [0.2, 0.25) is 0 Å². The quantitative estimate of drug-likeness (QED) is 0.774. The van der Waals surface area contributed by atoms with E-state index in [0.717, 1.165) is 11.3 Å². The first kappa shape index (κ1) is 14.1. The fourth-order valence-electron chi connectivity index (χ4n) is 2.51. The molecule has 0 saturated carbocycles. The number of rotatable bonds is 2. The summed E-state index contributed by atoms with van der Waals surface area (Å²) in [6.07, 6.45) is 0. The van der Waals surface area contributed by atoms with Gasteiger partial charge in [0, 0.05) is 18.0 Å². The molecular weight excluding hydrogens is 296 g/mol. The van der Waals surface area contributed by atoms with Gasteiger partial charge in [-0.25, -0.2) is 8.78 Å². The molecular formula is C16H14ClF2NO. The normalized spacial score (nSPS) is 14.3. The maximum absolute atomic E-state index is 14.2. The number of hydrogen-bond acceptors (Lipinski definition) is 2. The first-order valence-corrected chi connectivity index (χ1v) is 7.22. The van der Waals surface area contributed by atoms with Crippen LogP contribution in [0.5, 0.6) is 5.75 Å². The summed E-state index contributed by atoms with van der Waals surface area (Å²) >= 11 is 5.64. The van der Waals surface area contributed by atoms with Gasteiger partial charge >= 0.3 is 0 Å². The van der Waals surface area contributed by atoms with E-state index >= 15 is 0 Å². The van der Waals surface area contributed by atoms with Gasteiger partial charge in [0.25, 0.3) is 0 Å². The molecule has 0 spiro atoms. The topological polar surface area (TPSA) is 12.5 Å². The van der Waals surface area contributed by atoms with Gasteiger partial charge in [-0.05, 0) is 23.8 Å². The lowest BCUT2D eigenvalue weighted by Gasteiger charge is -2.23. The number of ether oxygens (including phenoxy) is 1. The largest absolute Gasteiger partial charge is 0.491 e. The molecule has 0 N–H and O–H groups in total. The number of hydrogen-bond donors (Lipinski definition) is 0. The van der Waals surface area contributed by atoms with Gasteiger partial charge in [0.05, 0.1) is 6.54 Å². The molecule has 0 bridgehead atoms. The van der Waals surface area contributed by atoms with E-state index in [1.165, 1.54) is 12.1 Å². The van der Waals surface area contributed by atoms with Crippen molar-refractivity contribution < 1.29 is 13.5 Å². The predicted molar refractivity (Wildman–Crippen MR) is 78.9 cm³/mol. The van der Waals surface area contributed by atoms with Gasteiger partial charge in [-0.15, -0.1) is 11.6 Å². The van der Waals surface area contributed by atoms with Crippen LogP contribution in [0.3, 0.4) is 0 Å². The molecule has 110 valence electrons. The van der Waals surface area contributed by atoms with Crippen LogP contribution in [0.1, 0.15) is 11.1 Å². The minimum Gasteiger partial charge on any atom is -0.491 e. The Hall–Kier alpha value is -1.81. The van der Waals surface area contributed by atoms with Gasteiger partial charge in [-0.3, -0.25) is 0 Å². The van der Waals surface area contributed by atoms with E-state index in [1.807, 2.05) is 24.3 Å². The summed E-state index contributed by atoms with van der Waals surface area (Å²) in [4.78, 5) is 1.66. The average Bonchev–Trinajstić information content (AvgIpc) is 2.68. The SMILES string of the molecule is Fc1cc(CCl)cc(F)c1N1CCOc2ccccc2C1. The van der Waals surface area contributed by atoms with Crippen molar-refractivity contribution in [2.75, 3.05) is 18.1 Å². The van der Waals surface area contributed by atoms with Gasteiger partial charge in [-0.2, -0.15) is 0 Å². The van der Waals surface area contributed by atoms with E-state index in [9.17, 15) is 8.78 Å². The number of anilines is 1. The molecule has 0 atom stereocenters. The lowest BCUT2D eigenvalue weighted by atomic mass is 10.1. The highest BCUT2D eigenvalue weighted by Crippen LogP contribution is 2.30. The second-order valence-corrected chi connectivity index (χ2v) is 5.19. The van der Waals surface area contributed by atoms with Crippen LogP contribution in [-0.2, 0) is 12.4 Å². The Morgan fingerprint density at radius 1 is 1.14 bits per heavy atom. The summed E-state index contributed by atoms with van der Waals surface area (Å²) in [6.45, 7) is 1.21. The number of para-hydroxylation sites is 1. The fraction of sp³-hybridized carbons (Fsp3) is 0.250. The minimum atomic E-state index is -0.593. The molecule has 1 heterocycles. The van der Waals surface area contributed by atoms with Crippen molar-refractivity contribution >= 4 is 17.3 Å². The molecule has 5 heteroatoms. The van der Waals surface area contributed by atoms with Gasteiger partial charge in [-0.1, -0.05) is 18.2 Å². The fourth-order valence-corrected chi connectivity index (χ4v) is 2.67. The third-order valence-corrected chi connectivity index (χ3v) is 3.81. The van der Waals surface area contributed by atoms with Crippen molar-refractivity contribution in [3.05, 3.63) is 59.2 Å². The van der Waals surface area contributed by atoms with Crippen LogP contribution >= 0.6 is 11.6 Å². The van der Waals surface area contributed by atoms with Gasteiger partial charge < -0.3 is 9.64 Å². The molecule has 3 rings (SSSR count). The van der Waals surface area contributed by atoms with Crippen molar-refractivity contribution in [1.82, 2.24) is 0 Å². The highest BCUT2D eigenvalue weighted by atomic mass is 35.5. The second-order valence-electron chi connectivity index (χ2n) is 4.92. The van der Waals surface area contributed by atoms with Crippen molar-refractivity contribution in [3.63, 3.8) is 0 Å². The van der Waals surface area contributed by atoms with Gasteiger partial charge in [0.1, 0.15) is 29.7 Å². The van der Waals surface area contributed by atoms with Crippen LogP contribution in [0.25, 0.3) is 0 Å². The number of benzene rings is 2. The lowest BCUT2D eigenvalue weighted by molar-refractivity contribution is 0.331. The van der Waals surface area contributed by atoms with Crippen LogP contribution < -0.4 is 9.64 Å². The first-order valence-electron chi connectivity index (χ1n) is 6.68. The van der Waals surface area contributed by atoms with Crippen molar-refractivity contribution in [1.29, 1.82) is 0 Å². The average molecular weight is 310 g/mol. The Labute approximate surface area is 126 Å². The highest BCUT2D eigenvalue weighted by Gasteiger charge is 2.21. The van der Waals surface area contributed by atoms with E-state index < -0.39 is 11.6 Å². The van der Waals surface area contributed by atoms with Crippen molar-refractivity contribution in [3.8, 4) is 5.75 Å². The molecule has 0 aliphatic carbocycles.